The van der Waals surface area contributed by atoms with Crippen LogP contribution in [0.2, 0.25) is 0 Å². The van der Waals surface area contributed by atoms with Crippen LogP contribution in [0.25, 0.3) is 0 Å². The van der Waals surface area contributed by atoms with Gasteiger partial charge in [0.2, 0.25) is 0 Å². The van der Waals surface area contributed by atoms with E-state index < -0.39 is 22.4 Å². The molecule has 21 heavy (non-hydrogen) atoms. The Balaban J connectivity index is 2.24. The summed E-state index contributed by atoms with van der Waals surface area (Å²) in [5, 5.41) is 14.0. The van der Waals surface area contributed by atoms with Crippen molar-refractivity contribution in [3.63, 3.8) is 0 Å². The lowest BCUT2D eigenvalue weighted by atomic mass is 10.1. The van der Waals surface area contributed by atoms with Crippen LogP contribution in [0.5, 0.6) is 0 Å². The number of anilines is 1. The topological polar surface area (TPSA) is 58.4 Å². The minimum absolute atomic E-state index is 0.000753. The van der Waals surface area contributed by atoms with Crippen LogP contribution in [0, 0.1) is 10.1 Å². The highest BCUT2D eigenvalue weighted by atomic mass is 19.4. The Morgan fingerprint density at radius 2 is 2.14 bits per heavy atom. The largest absolute Gasteiger partial charge is 0.416 e. The first kappa shape index (κ1) is 15.6. The molecule has 1 saturated heterocycles. The lowest BCUT2D eigenvalue weighted by Crippen LogP contribution is -2.39. The third kappa shape index (κ3) is 3.84. The lowest BCUT2D eigenvalue weighted by Gasteiger charge is -2.30. The third-order valence-electron chi connectivity index (χ3n) is 3.51. The Labute approximate surface area is 119 Å². The van der Waals surface area contributed by atoms with Crippen LogP contribution in [-0.2, 0) is 6.18 Å². The Bertz CT molecular complexity index is 534. The van der Waals surface area contributed by atoms with Gasteiger partial charge in [-0.25, -0.2) is 0 Å². The predicted molar refractivity (Wildman–Crippen MR) is 72.2 cm³/mol. The molecule has 0 bridgehead atoms. The number of halogens is 3. The summed E-state index contributed by atoms with van der Waals surface area (Å²) >= 11 is 0. The van der Waals surface area contributed by atoms with Crippen molar-refractivity contribution < 1.29 is 18.1 Å². The molecule has 0 radical (unpaired) electrons. The maximum absolute atomic E-state index is 12.6. The van der Waals surface area contributed by atoms with E-state index in [-0.39, 0.29) is 11.7 Å². The SMILES string of the molecule is CN1CCCC(Nc2ccc(C(F)(F)F)cc2[N+](=O)[O-])C1. The molecular formula is C13H16F3N3O2. The molecule has 1 atom stereocenters. The molecule has 1 aliphatic heterocycles. The average molecular weight is 303 g/mol. The average Bonchev–Trinajstić information content (AvgIpc) is 2.37. The molecule has 0 aromatic heterocycles. The van der Waals surface area contributed by atoms with Gasteiger partial charge in [0.05, 0.1) is 10.5 Å². The molecule has 2 rings (SSSR count). The molecule has 0 amide bonds. The molecule has 8 heteroatoms. The van der Waals surface area contributed by atoms with Gasteiger partial charge in [-0.2, -0.15) is 13.2 Å². The molecule has 1 N–H and O–H groups in total. The summed E-state index contributed by atoms with van der Waals surface area (Å²) in [5.74, 6) is 0. The standard InChI is InChI=1S/C13H16F3N3O2/c1-18-6-2-3-10(8-18)17-11-5-4-9(13(14,15)16)7-12(11)19(20)21/h4-5,7,10,17H,2-3,6,8H2,1H3. The van der Waals surface area contributed by atoms with E-state index in [9.17, 15) is 23.3 Å². The van der Waals surface area contributed by atoms with E-state index in [1.165, 1.54) is 0 Å². The van der Waals surface area contributed by atoms with Crippen molar-refractivity contribution in [1.82, 2.24) is 4.90 Å². The summed E-state index contributed by atoms with van der Waals surface area (Å²) < 4.78 is 37.9. The van der Waals surface area contributed by atoms with Crippen molar-refractivity contribution in [3.05, 3.63) is 33.9 Å². The van der Waals surface area contributed by atoms with Gasteiger partial charge in [-0.15, -0.1) is 0 Å². The molecular weight excluding hydrogens is 287 g/mol. The van der Waals surface area contributed by atoms with E-state index in [4.69, 9.17) is 0 Å². The number of nitro groups is 1. The number of benzene rings is 1. The van der Waals surface area contributed by atoms with E-state index in [2.05, 4.69) is 10.2 Å². The van der Waals surface area contributed by atoms with E-state index >= 15 is 0 Å². The molecule has 1 aromatic carbocycles. The number of likely N-dealkylation sites (tertiary alicyclic amines) is 1. The molecule has 116 valence electrons. The van der Waals surface area contributed by atoms with Gasteiger partial charge in [-0.1, -0.05) is 0 Å². The van der Waals surface area contributed by atoms with Gasteiger partial charge < -0.3 is 10.2 Å². The molecule has 1 unspecified atom stereocenters. The van der Waals surface area contributed by atoms with Crippen LogP contribution in [-0.4, -0.2) is 36.0 Å². The van der Waals surface area contributed by atoms with Crippen molar-refractivity contribution >= 4 is 11.4 Å². The van der Waals surface area contributed by atoms with Crippen LogP contribution in [0.15, 0.2) is 18.2 Å². The van der Waals surface area contributed by atoms with Gasteiger partial charge >= 0.3 is 6.18 Å². The minimum atomic E-state index is -4.59. The van der Waals surface area contributed by atoms with Crippen LogP contribution >= 0.6 is 0 Å². The molecule has 1 fully saturated rings. The molecule has 0 saturated carbocycles. The number of hydrogen-bond donors (Lipinski definition) is 1. The number of piperidine rings is 1. The zero-order valence-electron chi connectivity index (χ0n) is 11.5. The molecule has 0 aliphatic carbocycles. The van der Waals surface area contributed by atoms with Crippen molar-refractivity contribution in [2.75, 3.05) is 25.5 Å². The van der Waals surface area contributed by atoms with Crippen LogP contribution in [0.3, 0.4) is 0 Å². The molecule has 1 heterocycles. The van der Waals surface area contributed by atoms with E-state index in [1.54, 1.807) is 0 Å². The Morgan fingerprint density at radius 3 is 2.71 bits per heavy atom. The third-order valence-corrected chi connectivity index (χ3v) is 3.51. The number of alkyl halides is 3. The second kappa shape index (κ2) is 5.88. The highest BCUT2D eigenvalue weighted by Crippen LogP contribution is 2.35. The smallest absolute Gasteiger partial charge is 0.375 e. The number of likely N-dealkylation sites (N-methyl/N-ethyl adjacent to an activating group) is 1. The zero-order chi connectivity index (χ0) is 15.6. The highest BCUT2D eigenvalue weighted by molar-refractivity contribution is 5.63. The summed E-state index contributed by atoms with van der Waals surface area (Å²) in [6, 6.07) is 2.57. The zero-order valence-corrected chi connectivity index (χ0v) is 11.5. The van der Waals surface area contributed by atoms with Crippen molar-refractivity contribution in [2.45, 2.75) is 25.1 Å². The van der Waals surface area contributed by atoms with Gasteiger partial charge in [0.25, 0.3) is 5.69 Å². The van der Waals surface area contributed by atoms with E-state index in [0.29, 0.717) is 12.6 Å². The summed E-state index contributed by atoms with van der Waals surface area (Å²) in [4.78, 5) is 12.3. The quantitative estimate of drug-likeness (QED) is 0.688. The summed E-state index contributed by atoms with van der Waals surface area (Å²) in [6.45, 7) is 1.66. The fourth-order valence-electron chi connectivity index (χ4n) is 2.49. The summed E-state index contributed by atoms with van der Waals surface area (Å²) in [7, 11) is 1.94. The van der Waals surface area contributed by atoms with Crippen molar-refractivity contribution in [3.8, 4) is 0 Å². The van der Waals surface area contributed by atoms with Gasteiger partial charge in [0.15, 0.2) is 0 Å². The first-order chi connectivity index (χ1) is 9.77. The molecule has 0 spiro atoms. The molecule has 5 nitrogen and oxygen atoms in total. The summed E-state index contributed by atoms with van der Waals surface area (Å²) in [6.07, 6.45) is -2.81. The highest BCUT2D eigenvalue weighted by Gasteiger charge is 2.33. The van der Waals surface area contributed by atoms with E-state index in [0.717, 1.165) is 31.5 Å². The fraction of sp³-hybridized carbons (Fsp3) is 0.538. The lowest BCUT2D eigenvalue weighted by molar-refractivity contribution is -0.384. The number of nitrogens with one attached hydrogen (secondary N) is 1. The second-order valence-electron chi connectivity index (χ2n) is 5.23. The number of rotatable bonds is 3. The maximum atomic E-state index is 12.6. The maximum Gasteiger partial charge on any atom is 0.416 e. The summed E-state index contributed by atoms with van der Waals surface area (Å²) in [5.41, 5.74) is -1.42. The van der Waals surface area contributed by atoms with Crippen LogP contribution < -0.4 is 5.32 Å². The number of nitrogens with zero attached hydrogens (tertiary/aromatic N) is 2. The van der Waals surface area contributed by atoms with Gasteiger partial charge in [0, 0.05) is 18.7 Å². The fourth-order valence-corrected chi connectivity index (χ4v) is 2.49. The van der Waals surface area contributed by atoms with Gasteiger partial charge in [0.1, 0.15) is 5.69 Å². The van der Waals surface area contributed by atoms with Crippen molar-refractivity contribution in [2.24, 2.45) is 0 Å². The first-order valence-electron chi connectivity index (χ1n) is 6.58. The number of nitro benzene ring substituents is 1. The minimum Gasteiger partial charge on any atom is -0.375 e. The Kier molecular flexibility index (Phi) is 4.36. The van der Waals surface area contributed by atoms with Crippen molar-refractivity contribution in [1.29, 1.82) is 0 Å². The Hall–Kier alpha value is -1.83. The van der Waals surface area contributed by atoms with Crippen LogP contribution in [0.1, 0.15) is 18.4 Å². The first-order valence-corrected chi connectivity index (χ1v) is 6.58. The van der Waals surface area contributed by atoms with Gasteiger partial charge in [-0.05, 0) is 38.6 Å². The second-order valence-corrected chi connectivity index (χ2v) is 5.23. The molecule has 1 aromatic rings. The Morgan fingerprint density at radius 1 is 1.43 bits per heavy atom. The monoisotopic (exact) mass is 303 g/mol. The number of hydrogen-bond acceptors (Lipinski definition) is 4. The van der Waals surface area contributed by atoms with Crippen LogP contribution in [0.4, 0.5) is 24.5 Å². The van der Waals surface area contributed by atoms with E-state index in [1.807, 2.05) is 7.05 Å². The predicted octanol–water partition coefficient (Wildman–Crippen LogP) is 3.12. The normalized spacial score (nSPS) is 20.3. The molecule has 1 aliphatic rings. The van der Waals surface area contributed by atoms with Gasteiger partial charge in [-0.3, -0.25) is 10.1 Å².